The van der Waals surface area contributed by atoms with Crippen molar-refractivity contribution in [2.75, 3.05) is 46.7 Å². The number of carbonyl (C=O) groups excluding carboxylic acids is 2. The third-order valence-electron chi connectivity index (χ3n) is 6.83. The fraction of sp³-hybridized carbons (Fsp3) is 0.364. The average Bonchev–Trinajstić information content (AvgIpc) is 3.03. The molecule has 0 atom stereocenters. The highest BCUT2D eigenvalue weighted by atomic mass is 32.2. The van der Waals surface area contributed by atoms with Crippen molar-refractivity contribution in [2.24, 2.45) is 22.2 Å². The Labute approximate surface area is 295 Å². The third-order valence-corrected chi connectivity index (χ3v) is 8.00. The summed E-state index contributed by atoms with van der Waals surface area (Å²) in [4.78, 5) is 29.8. The van der Waals surface area contributed by atoms with Gasteiger partial charge in [0.1, 0.15) is 11.5 Å². The number of guanidine groups is 1. The van der Waals surface area contributed by atoms with Gasteiger partial charge in [-0.05, 0) is 55.7 Å². The second-order valence-corrected chi connectivity index (χ2v) is 12.2. The Morgan fingerprint density at radius 1 is 0.824 bits per heavy atom. The predicted octanol–water partition coefficient (Wildman–Crippen LogP) is 7.81. The van der Waals surface area contributed by atoms with Gasteiger partial charge < -0.3 is 43.2 Å². The van der Waals surface area contributed by atoms with Crippen molar-refractivity contribution in [3.05, 3.63) is 65.7 Å². The van der Waals surface area contributed by atoms with E-state index in [0.29, 0.717) is 19.4 Å². The molecule has 3 aromatic rings. The SMILES string of the molecule is CCCCNc1cc(Oc2cccc(NC(=O)Nc3cc(C(F)(F)F)cc(NC(=O)CCCCN=C(N)N)c3SCCN)c2)cc(C(F)(F)F)c1. The summed E-state index contributed by atoms with van der Waals surface area (Å²) >= 11 is 1.03. The minimum atomic E-state index is -4.83. The molecule has 0 spiro atoms. The molecule has 51 heavy (non-hydrogen) atoms. The van der Waals surface area contributed by atoms with Crippen LogP contribution in [0.25, 0.3) is 0 Å². The van der Waals surface area contributed by atoms with Crippen LogP contribution in [0, 0.1) is 0 Å². The van der Waals surface area contributed by atoms with Gasteiger partial charge in [-0.1, -0.05) is 19.4 Å². The summed E-state index contributed by atoms with van der Waals surface area (Å²) in [6.45, 7) is 2.82. The van der Waals surface area contributed by atoms with Gasteiger partial charge in [0.15, 0.2) is 5.96 Å². The summed E-state index contributed by atoms with van der Waals surface area (Å²) in [6.07, 6.45) is -7.10. The van der Waals surface area contributed by atoms with Crippen molar-refractivity contribution in [1.82, 2.24) is 0 Å². The second-order valence-electron chi connectivity index (χ2n) is 11.1. The number of ether oxygens (including phenoxy) is 1. The molecule has 0 saturated carbocycles. The maximum absolute atomic E-state index is 13.9. The van der Waals surface area contributed by atoms with Crippen LogP contribution in [0.15, 0.2) is 64.5 Å². The van der Waals surface area contributed by atoms with Crippen LogP contribution in [-0.4, -0.2) is 43.3 Å². The van der Waals surface area contributed by atoms with Crippen LogP contribution in [0.2, 0.25) is 0 Å². The van der Waals surface area contributed by atoms with E-state index >= 15 is 0 Å². The van der Waals surface area contributed by atoms with E-state index in [1.165, 1.54) is 30.3 Å². The molecule has 0 radical (unpaired) electrons. The first-order chi connectivity index (χ1) is 24.1. The Morgan fingerprint density at radius 3 is 2.14 bits per heavy atom. The maximum Gasteiger partial charge on any atom is 0.416 e. The molecular weight excluding hydrogens is 702 g/mol. The molecule has 3 rings (SSSR count). The molecule has 0 aliphatic heterocycles. The lowest BCUT2D eigenvalue weighted by atomic mass is 10.1. The van der Waals surface area contributed by atoms with Crippen molar-refractivity contribution in [1.29, 1.82) is 0 Å². The number of alkyl halides is 6. The van der Waals surface area contributed by atoms with E-state index in [9.17, 15) is 35.9 Å². The van der Waals surface area contributed by atoms with Gasteiger partial charge in [0.2, 0.25) is 5.91 Å². The van der Waals surface area contributed by atoms with Gasteiger partial charge in [-0.15, -0.1) is 11.8 Å². The molecule has 10 N–H and O–H groups in total. The minimum Gasteiger partial charge on any atom is -0.457 e. The van der Waals surface area contributed by atoms with Crippen LogP contribution in [0.1, 0.15) is 50.2 Å². The number of halogens is 6. The lowest BCUT2D eigenvalue weighted by Gasteiger charge is -2.19. The molecule has 0 aromatic heterocycles. The minimum absolute atomic E-state index is 0.0317. The third kappa shape index (κ3) is 13.8. The quantitative estimate of drug-likeness (QED) is 0.0240. The highest BCUT2D eigenvalue weighted by Gasteiger charge is 2.33. The molecule has 18 heteroatoms. The number of benzene rings is 3. The predicted molar refractivity (Wildman–Crippen MR) is 188 cm³/mol. The zero-order valence-electron chi connectivity index (χ0n) is 27.6. The van der Waals surface area contributed by atoms with Crippen molar-refractivity contribution >= 4 is 52.4 Å². The number of amides is 3. The number of urea groups is 1. The number of anilines is 4. The van der Waals surface area contributed by atoms with E-state index in [0.717, 1.165) is 48.9 Å². The van der Waals surface area contributed by atoms with Crippen molar-refractivity contribution in [3.63, 3.8) is 0 Å². The van der Waals surface area contributed by atoms with Crippen LogP contribution in [-0.2, 0) is 17.1 Å². The van der Waals surface area contributed by atoms with Crippen molar-refractivity contribution < 1.29 is 40.7 Å². The molecular formula is C33H40F6N8O3S. The smallest absolute Gasteiger partial charge is 0.416 e. The summed E-state index contributed by atoms with van der Waals surface area (Å²) in [5.41, 5.74) is 14.1. The normalized spacial score (nSPS) is 11.5. The number of nitrogens with zero attached hydrogens (tertiary/aromatic N) is 1. The van der Waals surface area contributed by atoms with Crippen LogP contribution >= 0.6 is 11.8 Å². The van der Waals surface area contributed by atoms with Gasteiger partial charge >= 0.3 is 18.4 Å². The van der Waals surface area contributed by atoms with E-state index in [1.807, 2.05) is 6.92 Å². The molecule has 3 aromatic carbocycles. The number of thioether (sulfide) groups is 1. The van der Waals surface area contributed by atoms with Crippen LogP contribution in [0.4, 0.5) is 53.9 Å². The Kier molecular flexibility index (Phi) is 15.1. The first-order valence-corrected chi connectivity index (χ1v) is 16.8. The monoisotopic (exact) mass is 742 g/mol. The van der Waals surface area contributed by atoms with Gasteiger partial charge in [0.25, 0.3) is 0 Å². The Balaban J connectivity index is 1.83. The Hall–Kier alpha value is -4.84. The molecule has 0 unspecified atom stereocenters. The van der Waals surface area contributed by atoms with E-state index in [4.69, 9.17) is 21.9 Å². The second kappa shape index (κ2) is 19.0. The summed E-state index contributed by atoms with van der Waals surface area (Å²) in [5.74, 6) is -0.457. The number of nitrogens with two attached hydrogens (primary N) is 3. The highest BCUT2D eigenvalue weighted by molar-refractivity contribution is 7.99. The first kappa shape index (κ1) is 40.6. The van der Waals surface area contributed by atoms with Crippen molar-refractivity contribution in [2.45, 2.75) is 56.3 Å². The summed E-state index contributed by atoms with van der Waals surface area (Å²) in [5, 5.41) is 10.4. The van der Waals surface area contributed by atoms with Gasteiger partial charge in [0, 0.05) is 55.3 Å². The molecule has 0 aliphatic rings. The number of unbranched alkanes of at least 4 members (excludes halogenated alkanes) is 2. The highest BCUT2D eigenvalue weighted by Crippen LogP contribution is 2.41. The zero-order valence-corrected chi connectivity index (χ0v) is 28.5. The lowest BCUT2D eigenvalue weighted by molar-refractivity contribution is -0.138. The largest absolute Gasteiger partial charge is 0.457 e. The number of aliphatic imine (C=N–C) groups is 1. The van der Waals surface area contributed by atoms with Crippen LogP contribution in [0.3, 0.4) is 0 Å². The molecule has 0 heterocycles. The maximum atomic E-state index is 13.9. The molecule has 0 saturated heterocycles. The average molecular weight is 743 g/mol. The number of rotatable bonds is 17. The van der Waals surface area contributed by atoms with Crippen LogP contribution in [0.5, 0.6) is 11.5 Å². The zero-order chi connectivity index (χ0) is 37.6. The van der Waals surface area contributed by atoms with Gasteiger partial charge in [-0.2, -0.15) is 26.3 Å². The van der Waals surface area contributed by atoms with Gasteiger partial charge in [-0.25, -0.2) is 4.79 Å². The fourth-order valence-corrected chi connectivity index (χ4v) is 5.36. The summed E-state index contributed by atoms with van der Waals surface area (Å²) in [7, 11) is 0. The standard InChI is InChI=1S/C33H40F6N8O3S/c1-2-3-11-43-23-14-20(32(34,35)36)15-25(19-23)50-24-8-6-7-22(18-24)45-31(49)47-27-17-21(33(37,38)39)16-26(29(27)51-13-10-40)46-28(48)9-4-5-12-44-30(41)42/h6-8,14-19,43H,2-5,9-13,40H2,1H3,(H,46,48)(H4,41,42,44)(H2,45,47,49). The molecule has 0 aliphatic carbocycles. The van der Waals surface area contributed by atoms with Gasteiger partial charge in [-0.3, -0.25) is 9.79 Å². The summed E-state index contributed by atoms with van der Waals surface area (Å²) < 4.78 is 88.3. The number of hydrogen-bond donors (Lipinski definition) is 7. The van der Waals surface area contributed by atoms with Crippen LogP contribution < -0.4 is 43.2 Å². The molecule has 0 bridgehead atoms. The Bertz CT molecular complexity index is 1670. The van der Waals surface area contributed by atoms with E-state index in [2.05, 4.69) is 26.3 Å². The Morgan fingerprint density at radius 2 is 1.49 bits per heavy atom. The van der Waals surface area contributed by atoms with E-state index in [1.54, 1.807) is 0 Å². The topological polar surface area (TPSA) is 182 Å². The van der Waals surface area contributed by atoms with E-state index in [-0.39, 0.29) is 70.4 Å². The number of hydrogen-bond acceptors (Lipinski definition) is 7. The number of nitrogens with one attached hydrogen (secondary N) is 4. The lowest BCUT2D eigenvalue weighted by Crippen LogP contribution is -2.23. The first-order valence-electron chi connectivity index (χ1n) is 15.8. The fourth-order valence-electron chi connectivity index (χ4n) is 4.50. The number of carbonyl (C=O) groups is 2. The van der Waals surface area contributed by atoms with Gasteiger partial charge in [0.05, 0.1) is 27.4 Å². The van der Waals surface area contributed by atoms with Crippen molar-refractivity contribution in [3.8, 4) is 11.5 Å². The molecule has 0 fully saturated rings. The molecule has 278 valence electrons. The van der Waals surface area contributed by atoms with E-state index < -0.39 is 35.4 Å². The molecule has 3 amide bonds. The molecule has 11 nitrogen and oxygen atoms in total. The summed E-state index contributed by atoms with van der Waals surface area (Å²) in [6, 6.07) is 9.51.